The van der Waals surface area contributed by atoms with Crippen LogP contribution < -0.4 is 5.73 Å². The Morgan fingerprint density at radius 3 is 2.43 bits per heavy atom. The average molecular weight is 369 g/mol. The average Bonchev–Trinajstić information content (AvgIpc) is 2.50. The Hall–Kier alpha value is -0.870. The normalized spacial score (nSPS) is 13.9. The highest BCUT2D eigenvalue weighted by Crippen LogP contribution is 2.29. The lowest BCUT2D eigenvalue weighted by Gasteiger charge is -2.25. The topological polar surface area (TPSA) is 35.2 Å². The molecule has 2 aromatic carbocycles. The Bertz CT molecular complexity index is 573. The van der Waals surface area contributed by atoms with Crippen molar-refractivity contribution in [3.05, 3.63) is 69.2 Å². The van der Waals surface area contributed by atoms with Crippen molar-refractivity contribution in [2.75, 3.05) is 0 Å². The van der Waals surface area contributed by atoms with Gasteiger partial charge in [0.05, 0.1) is 12.7 Å². The van der Waals surface area contributed by atoms with Crippen LogP contribution >= 0.6 is 27.5 Å². The van der Waals surface area contributed by atoms with Gasteiger partial charge in [-0.05, 0) is 35.7 Å². The Labute approximate surface area is 139 Å². The zero-order valence-corrected chi connectivity index (χ0v) is 14.3. The zero-order valence-electron chi connectivity index (χ0n) is 11.9. The van der Waals surface area contributed by atoms with Crippen molar-refractivity contribution in [1.29, 1.82) is 0 Å². The second-order valence-corrected chi connectivity index (χ2v) is 6.24. The number of benzene rings is 2. The lowest BCUT2D eigenvalue weighted by atomic mass is 10.0. The number of hydrogen-bond acceptors (Lipinski definition) is 2. The van der Waals surface area contributed by atoms with Crippen LogP contribution in [0.3, 0.4) is 0 Å². The van der Waals surface area contributed by atoms with Crippen LogP contribution in [0.5, 0.6) is 0 Å². The number of hydrogen-bond donors (Lipinski definition) is 1. The van der Waals surface area contributed by atoms with Gasteiger partial charge in [0.25, 0.3) is 0 Å². The highest BCUT2D eigenvalue weighted by molar-refractivity contribution is 9.10. The minimum Gasteiger partial charge on any atom is -0.367 e. The van der Waals surface area contributed by atoms with Gasteiger partial charge in [0.1, 0.15) is 0 Å². The van der Waals surface area contributed by atoms with Crippen LogP contribution in [-0.2, 0) is 11.3 Å². The summed E-state index contributed by atoms with van der Waals surface area (Å²) in [6.45, 7) is 2.58. The van der Waals surface area contributed by atoms with Gasteiger partial charge in [0, 0.05) is 15.5 Å². The predicted molar refractivity (Wildman–Crippen MR) is 91.4 cm³/mol. The molecule has 2 rings (SSSR count). The van der Waals surface area contributed by atoms with Crippen LogP contribution in [0, 0.1) is 0 Å². The van der Waals surface area contributed by atoms with E-state index in [2.05, 4.69) is 22.9 Å². The van der Waals surface area contributed by atoms with Gasteiger partial charge in [-0.1, -0.05) is 64.8 Å². The molecule has 0 saturated carbocycles. The molecule has 0 aromatic heterocycles. The van der Waals surface area contributed by atoms with Gasteiger partial charge < -0.3 is 10.5 Å². The molecule has 0 heterocycles. The van der Waals surface area contributed by atoms with E-state index in [1.165, 1.54) is 0 Å². The van der Waals surface area contributed by atoms with E-state index >= 15 is 0 Å². The minimum atomic E-state index is -0.138. The molecule has 0 radical (unpaired) electrons. The van der Waals surface area contributed by atoms with Crippen molar-refractivity contribution < 1.29 is 4.74 Å². The molecule has 2 nitrogen and oxygen atoms in total. The fourth-order valence-corrected chi connectivity index (χ4v) is 2.77. The fourth-order valence-electron chi connectivity index (χ4n) is 2.13. The maximum absolute atomic E-state index is 6.24. The van der Waals surface area contributed by atoms with E-state index in [1.807, 2.05) is 48.5 Å². The second-order valence-electron chi connectivity index (χ2n) is 4.95. The molecule has 2 aromatic rings. The van der Waals surface area contributed by atoms with Crippen LogP contribution in [0.2, 0.25) is 5.02 Å². The van der Waals surface area contributed by atoms with Crippen molar-refractivity contribution in [2.45, 2.75) is 32.1 Å². The number of rotatable bonds is 6. The predicted octanol–water partition coefficient (Wildman–Crippen LogP) is 5.10. The van der Waals surface area contributed by atoms with Gasteiger partial charge in [0.2, 0.25) is 0 Å². The third kappa shape index (κ3) is 4.55. The van der Waals surface area contributed by atoms with Gasteiger partial charge in [-0.2, -0.15) is 0 Å². The van der Waals surface area contributed by atoms with E-state index in [9.17, 15) is 0 Å². The summed E-state index contributed by atoms with van der Waals surface area (Å²) >= 11 is 9.47. The second kappa shape index (κ2) is 7.95. The van der Waals surface area contributed by atoms with E-state index in [0.29, 0.717) is 6.61 Å². The number of ether oxygens (including phenoxy) is 1. The van der Waals surface area contributed by atoms with E-state index < -0.39 is 0 Å². The first-order valence-electron chi connectivity index (χ1n) is 6.98. The summed E-state index contributed by atoms with van der Waals surface area (Å²) in [5, 5.41) is 0.728. The summed E-state index contributed by atoms with van der Waals surface area (Å²) in [6.07, 6.45) is 0.716. The van der Waals surface area contributed by atoms with Gasteiger partial charge in [0.15, 0.2) is 0 Å². The Morgan fingerprint density at radius 2 is 1.81 bits per heavy atom. The van der Waals surface area contributed by atoms with Crippen molar-refractivity contribution >= 4 is 27.5 Å². The molecule has 0 fully saturated rings. The standard InChI is InChI=1S/C17H19BrClNO/c1-2-16(20)17(14-5-3-4-6-15(14)18)21-11-12-7-9-13(19)10-8-12/h3-10,16-17H,2,11,20H2,1H3. The molecule has 0 bridgehead atoms. The molecular weight excluding hydrogens is 350 g/mol. The van der Waals surface area contributed by atoms with E-state index in [4.69, 9.17) is 22.1 Å². The van der Waals surface area contributed by atoms with E-state index in [1.54, 1.807) is 0 Å². The lowest BCUT2D eigenvalue weighted by Crippen LogP contribution is -2.29. The Kier molecular flexibility index (Phi) is 6.24. The largest absolute Gasteiger partial charge is 0.367 e. The molecule has 0 aliphatic rings. The zero-order chi connectivity index (χ0) is 15.2. The van der Waals surface area contributed by atoms with Gasteiger partial charge in [-0.3, -0.25) is 0 Å². The van der Waals surface area contributed by atoms with Gasteiger partial charge in [-0.15, -0.1) is 0 Å². The van der Waals surface area contributed by atoms with Crippen LogP contribution in [0.4, 0.5) is 0 Å². The highest BCUT2D eigenvalue weighted by Gasteiger charge is 2.21. The first-order chi connectivity index (χ1) is 10.1. The SMILES string of the molecule is CCC(N)C(OCc1ccc(Cl)cc1)c1ccccc1Br. The Morgan fingerprint density at radius 1 is 1.14 bits per heavy atom. The Balaban J connectivity index is 2.14. The first-order valence-corrected chi connectivity index (χ1v) is 8.15. The van der Waals surface area contributed by atoms with Crippen LogP contribution in [0.15, 0.2) is 53.0 Å². The smallest absolute Gasteiger partial charge is 0.0991 e. The van der Waals surface area contributed by atoms with Crippen LogP contribution in [0.25, 0.3) is 0 Å². The molecule has 0 amide bonds. The summed E-state index contributed by atoms with van der Waals surface area (Å²) in [5.41, 5.74) is 8.41. The quantitative estimate of drug-likeness (QED) is 0.770. The van der Waals surface area contributed by atoms with E-state index in [0.717, 1.165) is 27.0 Å². The number of nitrogens with two attached hydrogens (primary N) is 1. The summed E-state index contributed by atoms with van der Waals surface area (Å²) < 4.78 is 7.11. The first kappa shape index (κ1) is 16.5. The van der Waals surface area contributed by atoms with Crippen molar-refractivity contribution in [2.24, 2.45) is 5.73 Å². The molecule has 0 spiro atoms. The fraction of sp³-hybridized carbons (Fsp3) is 0.294. The van der Waals surface area contributed by atoms with E-state index in [-0.39, 0.29) is 12.1 Å². The summed E-state index contributed by atoms with van der Waals surface area (Å²) in [6, 6.07) is 15.7. The van der Waals surface area contributed by atoms with Crippen molar-refractivity contribution in [3.63, 3.8) is 0 Å². The van der Waals surface area contributed by atoms with Gasteiger partial charge in [-0.25, -0.2) is 0 Å². The molecule has 112 valence electrons. The maximum Gasteiger partial charge on any atom is 0.0991 e. The minimum absolute atomic E-state index is 0.0454. The molecule has 2 N–H and O–H groups in total. The molecule has 0 saturated heterocycles. The summed E-state index contributed by atoms with van der Waals surface area (Å²) in [7, 11) is 0. The monoisotopic (exact) mass is 367 g/mol. The third-order valence-corrected chi connectivity index (χ3v) is 4.39. The molecular formula is C17H19BrClNO. The highest BCUT2D eigenvalue weighted by atomic mass is 79.9. The van der Waals surface area contributed by atoms with Crippen LogP contribution in [-0.4, -0.2) is 6.04 Å². The van der Waals surface area contributed by atoms with Gasteiger partial charge >= 0.3 is 0 Å². The van der Waals surface area contributed by atoms with Crippen molar-refractivity contribution in [3.8, 4) is 0 Å². The summed E-state index contributed by atoms with van der Waals surface area (Å²) in [4.78, 5) is 0. The molecule has 0 aliphatic carbocycles. The molecule has 2 unspecified atom stereocenters. The van der Waals surface area contributed by atoms with Crippen LogP contribution in [0.1, 0.15) is 30.6 Å². The molecule has 4 heteroatoms. The third-order valence-electron chi connectivity index (χ3n) is 3.41. The molecule has 2 atom stereocenters. The lowest BCUT2D eigenvalue weighted by molar-refractivity contribution is 0.0208. The summed E-state index contributed by atoms with van der Waals surface area (Å²) in [5.74, 6) is 0. The number of halogens is 2. The molecule has 21 heavy (non-hydrogen) atoms. The maximum atomic E-state index is 6.24. The van der Waals surface area contributed by atoms with Crippen molar-refractivity contribution in [1.82, 2.24) is 0 Å². The molecule has 0 aliphatic heterocycles.